The van der Waals surface area contributed by atoms with Crippen molar-refractivity contribution >= 4 is 55.6 Å². The van der Waals surface area contributed by atoms with E-state index in [1.54, 1.807) is 6.20 Å². The molecule has 0 aliphatic rings. The van der Waals surface area contributed by atoms with Crippen molar-refractivity contribution in [3.05, 3.63) is 32.9 Å². The molecule has 0 aliphatic heterocycles. The molecule has 9 heteroatoms. The maximum absolute atomic E-state index is 11.9. The van der Waals surface area contributed by atoms with Crippen LogP contribution in [0, 0.1) is 13.8 Å². The van der Waals surface area contributed by atoms with Gasteiger partial charge in [0.2, 0.25) is 0 Å². The fourth-order valence-corrected chi connectivity index (χ4v) is 3.76. The lowest BCUT2D eigenvalue weighted by Crippen LogP contribution is -2.30. The monoisotopic (exact) mass is 430 g/mol. The summed E-state index contributed by atoms with van der Waals surface area (Å²) in [6.07, 6.45) is 4.56. The zero-order valence-corrected chi connectivity index (χ0v) is 16.9. The number of ether oxygens (including phenoxy) is 1. The fourth-order valence-electron chi connectivity index (χ4n) is 2.11. The number of halogens is 1. The lowest BCUT2D eigenvalue weighted by molar-refractivity contribution is 0.0601. The van der Waals surface area contributed by atoms with Crippen LogP contribution in [0.5, 0.6) is 0 Å². The standard InChI is InChI=1S/C15H19BrN4O2S2/c1-9-10(2)24-13(12(9)14(21)22-3)19-15(23)17-5-4-6-20-8-11(16)7-18-20/h7-8H,4-6H2,1-3H3,(H2,17,19,23). The van der Waals surface area contributed by atoms with Crippen LogP contribution in [0.15, 0.2) is 16.9 Å². The van der Waals surface area contributed by atoms with E-state index in [9.17, 15) is 4.79 Å². The van der Waals surface area contributed by atoms with Crippen molar-refractivity contribution in [1.29, 1.82) is 0 Å². The summed E-state index contributed by atoms with van der Waals surface area (Å²) in [5.41, 5.74) is 1.46. The Balaban J connectivity index is 1.86. The van der Waals surface area contributed by atoms with E-state index < -0.39 is 0 Å². The number of esters is 1. The van der Waals surface area contributed by atoms with Gasteiger partial charge in [0.25, 0.3) is 0 Å². The average Bonchev–Trinajstić information content (AvgIpc) is 3.07. The van der Waals surface area contributed by atoms with E-state index in [1.807, 2.05) is 24.7 Å². The fraction of sp³-hybridized carbons (Fsp3) is 0.400. The van der Waals surface area contributed by atoms with Gasteiger partial charge >= 0.3 is 5.97 Å². The van der Waals surface area contributed by atoms with Crippen LogP contribution < -0.4 is 10.6 Å². The Morgan fingerprint density at radius 2 is 2.25 bits per heavy atom. The van der Waals surface area contributed by atoms with Gasteiger partial charge < -0.3 is 15.4 Å². The molecule has 0 atom stereocenters. The molecule has 24 heavy (non-hydrogen) atoms. The lowest BCUT2D eigenvalue weighted by atomic mass is 10.1. The molecule has 130 valence electrons. The summed E-state index contributed by atoms with van der Waals surface area (Å²) in [5, 5.41) is 11.6. The smallest absolute Gasteiger partial charge is 0.341 e. The van der Waals surface area contributed by atoms with E-state index in [1.165, 1.54) is 18.4 Å². The molecule has 2 heterocycles. The molecule has 0 amide bonds. The number of thiophene rings is 1. The van der Waals surface area contributed by atoms with Crippen LogP contribution in [0.2, 0.25) is 0 Å². The molecule has 0 spiro atoms. The minimum atomic E-state index is -0.355. The predicted molar refractivity (Wildman–Crippen MR) is 104 cm³/mol. The number of anilines is 1. The molecule has 2 N–H and O–H groups in total. The summed E-state index contributed by atoms with van der Waals surface area (Å²) >= 11 is 10.2. The molecule has 6 nitrogen and oxygen atoms in total. The summed E-state index contributed by atoms with van der Waals surface area (Å²) in [6.45, 7) is 5.38. The van der Waals surface area contributed by atoms with Gasteiger partial charge in [-0.05, 0) is 54.0 Å². The van der Waals surface area contributed by atoms with Gasteiger partial charge in [0, 0.05) is 24.2 Å². The minimum Gasteiger partial charge on any atom is -0.465 e. The van der Waals surface area contributed by atoms with E-state index >= 15 is 0 Å². The number of aromatic nitrogens is 2. The maximum atomic E-state index is 11.9. The molecule has 0 radical (unpaired) electrons. The van der Waals surface area contributed by atoms with Crippen molar-refractivity contribution in [1.82, 2.24) is 15.1 Å². The Bertz CT molecular complexity index is 742. The molecule has 0 saturated carbocycles. The zero-order chi connectivity index (χ0) is 17.7. The molecular formula is C15H19BrN4O2S2. The second-order valence-electron chi connectivity index (χ2n) is 5.14. The van der Waals surface area contributed by atoms with Crippen molar-refractivity contribution < 1.29 is 9.53 Å². The SMILES string of the molecule is COC(=O)c1c(NC(=S)NCCCn2cc(Br)cn2)sc(C)c1C. The molecule has 2 aromatic heterocycles. The number of rotatable bonds is 6. The van der Waals surface area contributed by atoms with Crippen LogP contribution in [0.4, 0.5) is 5.00 Å². The van der Waals surface area contributed by atoms with E-state index in [0.717, 1.165) is 27.9 Å². The largest absolute Gasteiger partial charge is 0.465 e. The third kappa shape index (κ3) is 4.78. The van der Waals surface area contributed by atoms with Gasteiger partial charge in [0.1, 0.15) is 5.00 Å². The second-order valence-corrected chi connectivity index (χ2v) is 7.68. The van der Waals surface area contributed by atoms with Crippen LogP contribution in [0.1, 0.15) is 27.2 Å². The van der Waals surface area contributed by atoms with Gasteiger partial charge in [-0.1, -0.05) is 0 Å². The van der Waals surface area contributed by atoms with Gasteiger partial charge in [0.05, 0.1) is 23.3 Å². The Hall–Kier alpha value is -1.45. The number of carbonyl (C=O) groups excluding carboxylic acids is 1. The predicted octanol–water partition coefficient (Wildman–Crippen LogP) is 3.49. The van der Waals surface area contributed by atoms with Crippen LogP contribution in [0.25, 0.3) is 0 Å². The number of nitrogens with zero attached hydrogens (tertiary/aromatic N) is 2. The molecular weight excluding hydrogens is 412 g/mol. The third-order valence-electron chi connectivity index (χ3n) is 3.45. The quantitative estimate of drug-likeness (QED) is 0.415. The summed E-state index contributed by atoms with van der Waals surface area (Å²) in [4.78, 5) is 13.0. The number of hydrogen-bond donors (Lipinski definition) is 2. The first-order valence-electron chi connectivity index (χ1n) is 7.33. The summed E-state index contributed by atoms with van der Waals surface area (Å²) < 4.78 is 7.68. The van der Waals surface area contributed by atoms with E-state index in [-0.39, 0.29) is 5.97 Å². The molecule has 0 unspecified atom stereocenters. The van der Waals surface area contributed by atoms with Crippen LogP contribution in [-0.4, -0.2) is 34.5 Å². The Morgan fingerprint density at radius 3 is 2.88 bits per heavy atom. The Morgan fingerprint density at radius 1 is 1.50 bits per heavy atom. The molecule has 0 aromatic carbocycles. The number of nitrogens with one attached hydrogen (secondary N) is 2. The highest BCUT2D eigenvalue weighted by Gasteiger charge is 2.20. The highest BCUT2D eigenvalue weighted by atomic mass is 79.9. The number of thiocarbonyl (C=S) groups is 1. The van der Waals surface area contributed by atoms with Crippen molar-refractivity contribution in [3.63, 3.8) is 0 Å². The van der Waals surface area contributed by atoms with Crippen LogP contribution in [-0.2, 0) is 11.3 Å². The van der Waals surface area contributed by atoms with Gasteiger partial charge in [-0.2, -0.15) is 5.10 Å². The van der Waals surface area contributed by atoms with E-state index in [2.05, 4.69) is 31.7 Å². The van der Waals surface area contributed by atoms with E-state index in [4.69, 9.17) is 17.0 Å². The Labute approximate surface area is 158 Å². The normalized spacial score (nSPS) is 10.5. The Kier molecular flexibility index (Phi) is 6.76. The van der Waals surface area contributed by atoms with Gasteiger partial charge in [-0.15, -0.1) is 11.3 Å². The minimum absolute atomic E-state index is 0.355. The molecule has 0 bridgehead atoms. The lowest BCUT2D eigenvalue weighted by Gasteiger charge is -2.10. The zero-order valence-electron chi connectivity index (χ0n) is 13.7. The highest BCUT2D eigenvalue weighted by molar-refractivity contribution is 9.10. The highest BCUT2D eigenvalue weighted by Crippen LogP contribution is 2.32. The van der Waals surface area contributed by atoms with Crippen LogP contribution in [0.3, 0.4) is 0 Å². The van der Waals surface area contributed by atoms with Crippen LogP contribution >= 0.6 is 39.5 Å². The maximum Gasteiger partial charge on any atom is 0.341 e. The van der Waals surface area contributed by atoms with Crippen molar-refractivity contribution in [2.45, 2.75) is 26.8 Å². The van der Waals surface area contributed by atoms with Crippen molar-refractivity contribution in [2.24, 2.45) is 0 Å². The van der Waals surface area contributed by atoms with Crippen molar-refractivity contribution in [2.75, 3.05) is 19.0 Å². The summed E-state index contributed by atoms with van der Waals surface area (Å²) in [5.74, 6) is -0.355. The van der Waals surface area contributed by atoms with Gasteiger partial charge in [-0.25, -0.2) is 4.79 Å². The first kappa shape index (κ1) is 18.9. The molecule has 0 fully saturated rings. The number of aryl methyl sites for hydroxylation is 2. The molecule has 0 aliphatic carbocycles. The average molecular weight is 431 g/mol. The first-order valence-corrected chi connectivity index (χ1v) is 9.35. The number of hydrogen-bond acceptors (Lipinski definition) is 5. The molecule has 2 rings (SSSR count). The number of carbonyl (C=O) groups is 1. The number of methoxy groups -OCH3 is 1. The topological polar surface area (TPSA) is 68.2 Å². The summed E-state index contributed by atoms with van der Waals surface area (Å²) in [7, 11) is 1.38. The third-order valence-corrected chi connectivity index (χ3v) is 5.23. The van der Waals surface area contributed by atoms with Crippen molar-refractivity contribution in [3.8, 4) is 0 Å². The van der Waals surface area contributed by atoms with Gasteiger partial charge in [-0.3, -0.25) is 4.68 Å². The molecule has 0 saturated heterocycles. The second kappa shape index (κ2) is 8.59. The molecule has 2 aromatic rings. The first-order chi connectivity index (χ1) is 11.4. The van der Waals surface area contributed by atoms with Gasteiger partial charge in [0.15, 0.2) is 5.11 Å². The van der Waals surface area contributed by atoms with E-state index in [0.29, 0.717) is 22.2 Å². The summed E-state index contributed by atoms with van der Waals surface area (Å²) in [6, 6.07) is 0.